The van der Waals surface area contributed by atoms with Gasteiger partial charge in [-0.2, -0.15) is 5.10 Å². The van der Waals surface area contributed by atoms with Crippen LogP contribution in [0, 0.1) is 0 Å². The fourth-order valence-corrected chi connectivity index (χ4v) is 3.49. The van der Waals surface area contributed by atoms with E-state index < -0.39 is 0 Å². The van der Waals surface area contributed by atoms with Crippen molar-refractivity contribution in [1.29, 1.82) is 0 Å². The standard InChI is InChI=1S/C15H21N5OS/c1-2-20-9-12(8-17-20)11-3-5-19(6-4-11)15(21)13-10-22-14(7-16)18-13/h8-11H,2-7,16H2,1H3. The third-order valence-corrected chi connectivity index (χ3v) is 5.05. The van der Waals surface area contributed by atoms with Gasteiger partial charge in [-0.1, -0.05) is 0 Å². The van der Waals surface area contributed by atoms with Crippen LogP contribution in [0.3, 0.4) is 0 Å². The summed E-state index contributed by atoms with van der Waals surface area (Å²) in [4.78, 5) is 18.6. The Labute approximate surface area is 133 Å². The predicted molar refractivity (Wildman–Crippen MR) is 85.8 cm³/mol. The molecule has 1 fully saturated rings. The molecular weight excluding hydrogens is 298 g/mol. The van der Waals surface area contributed by atoms with Crippen LogP contribution in [0.15, 0.2) is 17.8 Å². The van der Waals surface area contributed by atoms with Crippen molar-refractivity contribution in [1.82, 2.24) is 19.7 Å². The fraction of sp³-hybridized carbons (Fsp3) is 0.533. The summed E-state index contributed by atoms with van der Waals surface area (Å²) >= 11 is 1.45. The Kier molecular flexibility index (Phi) is 4.54. The summed E-state index contributed by atoms with van der Waals surface area (Å²) in [7, 11) is 0. The molecule has 1 amide bonds. The van der Waals surface area contributed by atoms with Crippen LogP contribution in [0.2, 0.25) is 0 Å². The molecule has 2 aromatic rings. The van der Waals surface area contributed by atoms with Gasteiger partial charge in [0.25, 0.3) is 5.91 Å². The van der Waals surface area contributed by atoms with Gasteiger partial charge in [-0.05, 0) is 31.2 Å². The molecule has 0 saturated carbocycles. The minimum atomic E-state index is 0.0265. The second-order valence-electron chi connectivity index (χ2n) is 5.53. The molecule has 0 bridgehead atoms. The first kappa shape index (κ1) is 15.2. The van der Waals surface area contributed by atoms with Gasteiger partial charge < -0.3 is 10.6 Å². The van der Waals surface area contributed by atoms with E-state index in [1.165, 1.54) is 16.9 Å². The number of piperidine rings is 1. The maximum atomic E-state index is 12.4. The van der Waals surface area contributed by atoms with Crippen LogP contribution < -0.4 is 5.73 Å². The van der Waals surface area contributed by atoms with Gasteiger partial charge in [-0.25, -0.2) is 4.98 Å². The van der Waals surface area contributed by atoms with Crippen molar-refractivity contribution in [3.05, 3.63) is 34.0 Å². The first-order valence-corrected chi connectivity index (χ1v) is 8.55. The van der Waals surface area contributed by atoms with Crippen molar-refractivity contribution >= 4 is 17.2 Å². The Bertz CT molecular complexity index is 642. The summed E-state index contributed by atoms with van der Waals surface area (Å²) in [6.45, 7) is 4.92. The molecule has 118 valence electrons. The molecule has 0 aliphatic carbocycles. The Hall–Kier alpha value is -1.73. The maximum absolute atomic E-state index is 12.4. The van der Waals surface area contributed by atoms with E-state index in [2.05, 4.69) is 23.2 Å². The van der Waals surface area contributed by atoms with Gasteiger partial charge in [0.1, 0.15) is 10.7 Å². The number of nitrogens with zero attached hydrogens (tertiary/aromatic N) is 4. The number of aromatic nitrogens is 3. The lowest BCUT2D eigenvalue weighted by molar-refractivity contribution is 0.0707. The van der Waals surface area contributed by atoms with Crippen LogP contribution in [0.25, 0.3) is 0 Å². The Balaban J connectivity index is 1.60. The van der Waals surface area contributed by atoms with Crippen LogP contribution in [0.5, 0.6) is 0 Å². The lowest BCUT2D eigenvalue weighted by atomic mass is 9.91. The second-order valence-corrected chi connectivity index (χ2v) is 6.47. The largest absolute Gasteiger partial charge is 0.337 e. The molecule has 1 aliphatic rings. The summed E-state index contributed by atoms with van der Waals surface area (Å²) in [5, 5.41) is 6.96. The highest BCUT2D eigenvalue weighted by molar-refractivity contribution is 7.09. The second kappa shape index (κ2) is 6.58. The molecule has 1 aliphatic heterocycles. The van der Waals surface area contributed by atoms with Crippen molar-refractivity contribution in [3.8, 4) is 0 Å². The number of amides is 1. The molecule has 22 heavy (non-hydrogen) atoms. The molecule has 0 radical (unpaired) electrons. The zero-order valence-corrected chi connectivity index (χ0v) is 13.6. The van der Waals surface area contributed by atoms with Gasteiger partial charge in [0.05, 0.1) is 6.20 Å². The highest BCUT2D eigenvalue weighted by Gasteiger charge is 2.26. The normalized spacial score (nSPS) is 16.2. The van der Waals surface area contributed by atoms with Gasteiger partial charge in [0.15, 0.2) is 0 Å². The van der Waals surface area contributed by atoms with Gasteiger partial charge in [0.2, 0.25) is 0 Å². The molecule has 1 saturated heterocycles. The van der Waals surface area contributed by atoms with Crippen molar-refractivity contribution in [2.24, 2.45) is 5.73 Å². The number of thiazole rings is 1. The van der Waals surface area contributed by atoms with E-state index >= 15 is 0 Å². The van der Waals surface area contributed by atoms with Crippen molar-refractivity contribution < 1.29 is 4.79 Å². The Morgan fingerprint density at radius 1 is 1.45 bits per heavy atom. The fourth-order valence-electron chi connectivity index (χ4n) is 2.84. The number of hydrogen-bond acceptors (Lipinski definition) is 5. The Morgan fingerprint density at radius 3 is 2.82 bits per heavy atom. The molecule has 0 spiro atoms. The van der Waals surface area contributed by atoms with E-state index in [9.17, 15) is 4.79 Å². The summed E-state index contributed by atoms with van der Waals surface area (Å²) < 4.78 is 1.95. The molecule has 0 aromatic carbocycles. The molecule has 3 heterocycles. The zero-order chi connectivity index (χ0) is 15.5. The first-order valence-electron chi connectivity index (χ1n) is 7.67. The van der Waals surface area contributed by atoms with Crippen LogP contribution in [-0.2, 0) is 13.1 Å². The lowest BCUT2D eigenvalue weighted by Crippen LogP contribution is -2.38. The summed E-state index contributed by atoms with van der Waals surface area (Å²) in [5.74, 6) is 0.526. The van der Waals surface area contributed by atoms with Gasteiger partial charge in [-0.15, -0.1) is 11.3 Å². The summed E-state index contributed by atoms with van der Waals surface area (Å²) in [6.07, 6.45) is 6.04. The van der Waals surface area contributed by atoms with Crippen LogP contribution in [0.1, 0.15) is 46.7 Å². The molecule has 2 N–H and O–H groups in total. The van der Waals surface area contributed by atoms with Crippen LogP contribution >= 0.6 is 11.3 Å². The van der Waals surface area contributed by atoms with E-state index in [0.29, 0.717) is 18.2 Å². The lowest BCUT2D eigenvalue weighted by Gasteiger charge is -2.31. The van der Waals surface area contributed by atoms with Gasteiger partial charge in [0, 0.05) is 37.8 Å². The number of likely N-dealkylation sites (tertiary alicyclic amines) is 1. The minimum absolute atomic E-state index is 0.0265. The topological polar surface area (TPSA) is 77.0 Å². The van der Waals surface area contributed by atoms with E-state index in [1.54, 1.807) is 0 Å². The average molecular weight is 319 g/mol. The quantitative estimate of drug-likeness (QED) is 0.933. The van der Waals surface area contributed by atoms with Crippen molar-refractivity contribution in [3.63, 3.8) is 0 Å². The van der Waals surface area contributed by atoms with Crippen LogP contribution in [-0.4, -0.2) is 38.7 Å². The van der Waals surface area contributed by atoms with Crippen molar-refractivity contribution in [2.45, 2.75) is 38.8 Å². The predicted octanol–water partition coefficient (Wildman–Crippen LogP) is 1.84. The SMILES string of the molecule is CCn1cc(C2CCN(C(=O)c3csc(CN)n3)CC2)cn1. The number of nitrogens with two attached hydrogens (primary N) is 1. The number of carbonyl (C=O) groups is 1. The van der Waals surface area contributed by atoms with E-state index in [4.69, 9.17) is 5.73 Å². The highest BCUT2D eigenvalue weighted by atomic mass is 32.1. The number of hydrogen-bond donors (Lipinski definition) is 1. The average Bonchev–Trinajstić information content (AvgIpc) is 3.23. The number of rotatable bonds is 4. The van der Waals surface area contributed by atoms with Gasteiger partial charge >= 0.3 is 0 Å². The molecule has 0 atom stereocenters. The third kappa shape index (κ3) is 3.05. The number of carbonyl (C=O) groups excluding carboxylic acids is 1. The Morgan fingerprint density at radius 2 is 2.23 bits per heavy atom. The highest BCUT2D eigenvalue weighted by Crippen LogP contribution is 2.28. The molecular formula is C15H21N5OS. The molecule has 3 rings (SSSR count). The third-order valence-electron chi connectivity index (χ3n) is 4.18. The summed E-state index contributed by atoms with van der Waals surface area (Å²) in [5.41, 5.74) is 7.37. The van der Waals surface area contributed by atoms with Crippen LogP contribution in [0.4, 0.5) is 0 Å². The molecule has 0 unspecified atom stereocenters. The first-order chi connectivity index (χ1) is 10.7. The van der Waals surface area contributed by atoms with Crippen molar-refractivity contribution in [2.75, 3.05) is 13.1 Å². The maximum Gasteiger partial charge on any atom is 0.273 e. The van der Waals surface area contributed by atoms with E-state index in [1.807, 2.05) is 21.2 Å². The smallest absolute Gasteiger partial charge is 0.273 e. The summed E-state index contributed by atoms with van der Waals surface area (Å²) in [6, 6.07) is 0. The molecule has 7 heteroatoms. The zero-order valence-electron chi connectivity index (χ0n) is 12.7. The monoisotopic (exact) mass is 319 g/mol. The molecule has 2 aromatic heterocycles. The van der Waals surface area contributed by atoms with E-state index in [-0.39, 0.29) is 5.91 Å². The minimum Gasteiger partial charge on any atom is -0.337 e. The molecule has 6 nitrogen and oxygen atoms in total. The van der Waals surface area contributed by atoms with E-state index in [0.717, 1.165) is 37.5 Å². The van der Waals surface area contributed by atoms with Gasteiger partial charge in [-0.3, -0.25) is 9.48 Å². The number of aryl methyl sites for hydroxylation is 1.